The number of unbranched alkanes of at least 4 members (excludes halogenated alkanes) is 1. The molecule has 0 bridgehead atoms. The summed E-state index contributed by atoms with van der Waals surface area (Å²) >= 11 is 0. The maximum absolute atomic E-state index is 14.7. The van der Waals surface area contributed by atoms with E-state index < -0.39 is 6.17 Å². The first kappa shape index (κ1) is 19.5. The van der Waals surface area contributed by atoms with Crippen LogP contribution in [0.25, 0.3) is 0 Å². The molecule has 0 heterocycles. The second-order valence-electron chi connectivity index (χ2n) is 10.5. The molecule has 3 saturated carbocycles. The molecule has 1 nitrogen and oxygen atoms in total. The van der Waals surface area contributed by atoms with Crippen molar-refractivity contribution in [3.05, 3.63) is 24.0 Å². The van der Waals surface area contributed by atoms with Crippen molar-refractivity contribution < 1.29 is 9.13 Å². The Morgan fingerprint density at radius 3 is 2.78 bits per heavy atom. The minimum atomic E-state index is -0.570. The topological polar surface area (TPSA) is 9.23 Å². The summed E-state index contributed by atoms with van der Waals surface area (Å²) in [4.78, 5) is 0. The number of alkyl halides is 1. The highest BCUT2D eigenvalue weighted by molar-refractivity contribution is 5.25. The van der Waals surface area contributed by atoms with Gasteiger partial charge in [0.15, 0.2) is 0 Å². The first-order valence-electron chi connectivity index (χ1n) is 11.6. The zero-order valence-corrected chi connectivity index (χ0v) is 17.7. The molecule has 4 aliphatic rings. The van der Waals surface area contributed by atoms with Gasteiger partial charge in [-0.05, 0) is 74.5 Å². The number of hydrogen-bond acceptors (Lipinski definition) is 1. The third-order valence-corrected chi connectivity index (χ3v) is 9.09. The first-order valence-corrected chi connectivity index (χ1v) is 11.6. The molecule has 152 valence electrons. The molecule has 4 aliphatic carbocycles. The first-order chi connectivity index (χ1) is 12.9. The second kappa shape index (κ2) is 7.23. The van der Waals surface area contributed by atoms with Gasteiger partial charge in [0, 0.05) is 18.3 Å². The summed E-state index contributed by atoms with van der Waals surface area (Å²) in [6.07, 6.45) is 14.5. The van der Waals surface area contributed by atoms with Gasteiger partial charge < -0.3 is 4.74 Å². The molecule has 0 aromatic heterocycles. The van der Waals surface area contributed by atoms with Crippen LogP contribution in [0.4, 0.5) is 4.39 Å². The van der Waals surface area contributed by atoms with Gasteiger partial charge in [-0.15, -0.1) is 0 Å². The summed E-state index contributed by atoms with van der Waals surface area (Å²) in [6.45, 7) is 11.1. The van der Waals surface area contributed by atoms with Gasteiger partial charge in [0.1, 0.15) is 12.3 Å². The van der Waals surface area contributed by atoms with E-state index in [-0.39, 0.29) is 5.41 Å². The van der Waals surface area contributed by atoms with E-state index in [1.54, 1.807) is 5.57 Å². The van der Waals surface area contributed by atoms with E-state index in [1.807, 2.05) is 0 Å². The number of allylic oxidation sites excluding steroid dienone is 2. The predicted octanol–water partition coefficient (Wildman–Crippen LogP) is 7.38. The Morgan fingerprint density at radius 2 is 2.00 bits per heavy atom. The molecule has 2 heteroatoms. The molecule has 0 amide bonds. The average Bonchev–Trinajstić information content (AvgIpc) is 2.95. The van der Waals surface area contributed by atoms with Crippen molar-refractivity contribution in [3.63, 3.8) is 0 Å². The Kier molecular flexibility index (Phi) is 5.23. The fourth-order valence-electron chi connectivity index (χ4n) is 7.33. The fourth-order valence-corrected chi connectivity index (χ4v) is 7.33. The van der Waals surface area contributed by atoms with Gasteiger partial charge in [0.2, 0.25) is 0 Å². The van der Waals surface area contributed by atoms with Gasteiger partial charge in [-0.3, -0.25) is 0 Å². The highest BCUT2D eigenvalue weighted by atomic mass is 19.1. The van der Waals surface area contributed by atoms with Crippen molar-refractivity contribution in [2.24, 2.45) is 28.6 Å². The van der Waals surface area contributed by atoms with Gasteiger partial charge in [0.05, 0.1) is 5.76 Å². The third kappa shape index (κ3) is 3.19. The Balaban J connectivity index is 1.47. The lowest BCUT2D eigenvalue weighted by molar-refractivity contribution is -0.0568. The molecule has 3 fully saturated rings. The maximum atomic E-state index is 14.7. The summed E-state index contributed by atoms with van der Waals surface area (Å²) in [5, 5.41) is 0. The van der Waals surface area contributed by atoms with Crippen molar-refractivity contribution in [1.29, 1.82) is 0 Å². The SMILES string of the molecule is C=C(CCCC)OC1CCC2(C)C(=CCC3C2CCC2(C)C(F)CCC32)C1. The highest BCUT2D eigenvalue weighted by Crippen LogP contribution is 2.65. The highest BCUT2D eigenvalue weighted by Gasteiger charge is 2.59. The molecule has 0 N–H and O–H groups in total. The van der Waals surface area contributed by atoms with E-state index in [0.29, 0.717) is 23.4 Å². The Morgan fingerprint density at radius 1 is 1.19 bits per heavy atom. The Hall–Kier alpha value is -0.790. The van der Waals surface area contributed by atoms with Crippen molar-refractivity contribution in [2.75, 3.05) is 0 Å². The molecule has 7 atom stereocenters. The average molecular weight is 375 g/mol. The molecular weight excluding hydrogens is 335 g/mol. The normalized spacial score (nSPS) is 46.1. The molecule has 0 aromatic rings. The predicted molar refractivity (Wildman–Crippen MR) is 110 cm³/mol. The lowest BCUT2D eigenvalue weighted by Gasteiger charge is -2.57. The fraction of sp³-hybridized carbons (Fsp3) is 0.840. The van der Waals surface area contributed by atoms with Crippen molar-refractivity contribution >= 4 is 0 Å². The van der Waals surface area contributed by atoms with Crippen LogP contribution < -0.4 is 0 Å². The minimum Gasteiger partial charge on any atom is -0.495 e. The van der Waals surface area contributed by atoms with Crippen molar-refractivity contribution in [2.45, 2.75) is 104 Å². The number of hydrogen-bond donors (Lipinski definition) is 0. The smallest absolute Gasteiger partial charge is 0.106 e. The van der Waals surface area contributed by atoms with E-state index in [9.17, 15) is 4.39 Å². The van der Waals surface area contributed by atoms with Crippen LogP contribution in [0, 0.1) is 28.6 Å². The minimum absolute atomic E-state index is 0.0415. The van der Waals surface area contributed by atoms with Gasteiger partial charge in [-0.25, -0.2) is 4.39 Å². The van der Waals surface area contributed by atoms with Crippen LogP contribution in [-0.4, -0.2) is 12.3 Å². The molecular formula is C25H39FO. The maximum Gasteiger partial charge on any atom is 0.106 e. The zero-order valence-electron chi connectivity index (χ0n) is 17.7. The Labute approximate surface area is 165 Å². The summed E-state index contributed by atoms with van der Waals surface area (Å²) in [7, 11) is 0. The van der Waals surface area contributed by atoms with E-state index >= 15 is 0 Å². The lowest BCUT2D eigenvalue weighted by atomic mass is 9.48. The van der Waals surface area contributed by atoms with Crippen LogP contribution in [0.3, 0.4) is 0 Å². The third-order valence-electron chi connectivity index (χ3n) is 9.09. The summed E-state index contributed by atoms with van der Waals surface area (Å²) < 4.78 is 20.9. The molecule has 4 rings (SSSR count). The number of fused-ring (bicyclic) bond motifs is 5. The Bertz CT molecular complexity index is 609. The van der Waals surface area contributed by atoms with Crippen molar-refractivity contribution in [3.8, 4) is 0 Å². The van der Waals surface area contributed by atoms with Crippen LogP contribution in [0.5, 0.6) is 0 Å². The number of rotatable bonds is 5. The molecule has 0 spiro atoms. The van der Waals surface area contributed by atoms with Crippen LogP contribution in [0.2, 0.25) is 0 Å². The van der Waals surface area contributed by atoms with Gasteiger partial charge >= 0.3 is 0 Å². The van der Waals surface area contributed by atoms with Gasteiger partial charge in [0.25, 0.3) is 0 Å². The van der Waals surface area contributed by atoms with Crippen LogP contribution in [0.1, 0.15) is 91.4 Å². The van der Waals surface area contributed by atoms with E-state index in [2.05, 4.69) is 33.4 Å². The lowest BCUT2D eigenvalue weighted by Crippen LogP contribution is -2.50. The standard InChI is InChI=1S/C25H39FO/c1-5-6-7-17(2)27-19-12-14-24(3)18(16-19)8-9-20-21-10-11-23(26)25(21,4)15-13-22(20)24/h8,19-23H,2,5-7,9-16H2,1,3-4H3. The molecule has 27 heavy (non-hydrogen) atoms. The van der Waals surface area contributed by atoms with Crippen LogP contribution >= 0.6 is 0 Å². The second-order valence-corrected chi connectivity index (χ2v) is 10.5. The van der Waals surface area contributed by atoms with Crippen LogP contribution in [0.15, 0.2) is 24.0 Å². The quantitative estimate of drug-likeness (QED) is 0.360. The van der Waals surface area contributed by atoms with Gasteiger partial charge in [-0.2, -0.15) is 0 Å². The number of ether oxygens (including phenoxy) is 1. The molecule has 0 aliphatic heterocycles. The van der Waals surface area contributed by atoms with Gasteiger partial charge in [-0.1, -0.05) is 45.4 Å². The largest absolute Gasteiger partial charge is 0.495 e. The zero-order chi connectivity index (χ0) is 19.2. The molecule has 0 saturated heterocycles. The van der Waals surface area contributed by atoms with Crippen molar-refractivity contribution in [1.82, 2.24) is 0 Å². The molecule has 0 radical (unpaired) electrons. The summed E-state index contributed by atoms with van der Waals surface area (Å²) in [5.41, 5.74) is 1.92. The molecule has 0 aromatic carbocycles. The molecule has 7 unspecified atom stereocenters. The monoisotopic (exact) mass is 374 g/mol. The number of halogens is 1. The van der Waals surface area contributed by atoms with Crippen LogP contribution in [-0.2, 0) is 4.74 Å². The van der Waals surface area contributed by atoms with E-state index in [4.69, 9.17) is 4.74 Å². The summed E-state index contributed by atoms with van der Waals surface area (Å²) in [6, 6.07) is 0. The summed E-state index contributed by atoms with van der Waals surface area (Å²) in [5.74, 6) is 3.04. The van der Waals surface area contributed by atoms with E-state index in [1.165, 1.54) is 32.1 Å². The van der Waals surface area contributed by atoms with E-state index in [0.717, 1.165) is 50.2 Å².